The zero-order valence-electron chi connectivity index (χ0n) is 12.3. The molecule has 4 atom stereocenters. The lowest BCUT2D eigenvalue weighted by atomic mass is 9.66. The quantitative estimate of drug-likeness (QED) is 0.492. The summed E-state index contributed by atoms with van der Waals surface area (Å²) in [6, 6.07) is 6.04. The van der Waals surface area contributed by atoms with Gasteiger partial charge in [0.2, 0.25) is 0 Å². The molecule has 0 heterocycles. The average molecular weight is 390 g/mol. The first-order valence-corrected chi connectivity index (χ1v) is 9.88. The third-order valence-corrected chi connectivity index (χ3v) is 7.32. The number of alkyl halides is 1. The van der Waals surface area contributed by atoms with Gasteiger partial charge in [0, 0.05) is 4.83 Å². The second-order valence-corrected chi connectivity index (χ2v) is 8.84. The Morgan fingerprint density at radius 1 is 1.00 bits per heavy atom. The third kappa shape index (κ3) is 3.98. The molecule has 2 aliphatic carbocycles. The van der Waals surface area contributed by atoms with E-state index in [2.05, 4.69) is 22.0 Å². The van der Waals surface area contributed by atoms with Crippen LogP contribution in [-0.2, 0) is 6.42 Å². The molecule has 3 rings (SSSR count). The Morgan fingerprint density at radius 2 is 1.76 bits per heavy atom. The zero-order valence-corrected chi connectivity index (χ0v) is 15.4. The van der Waals surface area contributed by atoms with E-state index in [1.807, 2.05) is 12.1 Å². The lowest BCUT2D eigenvalue weighted by molar-refractivity contribution is 0.129. The number of fused-ring (bicyclic) bond motifs is 1. The van der Waals surface area contributed by atoms with Crippen LogP contribution in [0, 0.1) is 17.8 Å². The highest BCUT2D eigenvalue weighted by atomic mass is 79.9. The van der Waals surface area contributed by atoms with Crippen LogP contribution in [0.4, 0.5) is 0 Å². The number of halogens is 3. The summed E-state index contributed by atoms with van der Waals surface area (Å²) in [5.74, 6) is 2.84. The van der Waals surface area contributed by atoms with Gasteiger partial charge in [-0.1, -0.05) is 70.9 Å². The minimum atomic E-state index is 0.567. The van der Waals surface area contributed by atoms with E-state index in [4.69, 9.17) is 23.2 Å². The summed E-state index contributed by atoms with van der Waals surface area (Å²) >= 11 is 16.1. The summed E-state index contributed by atoms with van der Waals surface area (Å²) in [6.07, 6.45) is 11.2. The van der Waals surface area contributed by atoms with Crippen LogP contribution in [0.15, 0.2) is 18.2 Å². The number of hydrogen-bond acceptors (Lipinski definition) is 0. The van der Waals surface area contributed by atoms with Crippen LogP contribution in [0.2, 0.25) is 10.0 Å². The lowest BCUT2D eigenvalue weighted by Crippen LogP contribution is -2.32. The fourth-order valence-electron chi connectivity index (χ4n) is 4.30. The standard InChI is InChI=1S/C18H23BrCl2/c19-16(9-12-5-8-17(20)18(21)10-12)15-7-6-13-3-1-2-4-14(13)11-15/h5,8,10,13-16H,1-4,6-7,9,11H2. The van der Waals surface area contributed by atoms with Crippen LogP contribution in [0.3, 0.4) is 0 Å². The molecule has 21 heavy (non-hydrogen) atoms. The van der Waals surface area contributed by atoms with Gasteiger partial charge in [0.15, 0.2) is 0 Å². The molecule has 2 saturated carbocycles. The Labute approximate surface area is 146 Å². The van der Waals surface area contributed by atoms with Crippen molar-refractivity contribution in [2.75, 3.05) is 0 Å². The summed E-state index contributed by atoms with van der Waals surface area (Å²) in [6.45, 7) is 0. The summed E-state index contributed by atoms with van der Waals surface area (Å²) in [7, 11) is 0. The predicted octanol–water partition coefficient (Wildman–Crippen LogP) is 6.91. The van der Waals surface area contributed by atoms with Gasteiger partial charge in [-0.3, -0.25) is 0 Å². The van der Waals surface area contributed by atoms with Crippen molar-refractivity contribution in [3.05, 3.63) is 33.8 Å². The molecule has 2 aliphatic rings. The molecule has 0 aliphatic heterocycles. The molecule has 3 heteroatoms. The minimum absolute atomic E-state index is 0.567. The van der Waals surface area contributed by atoms with Crippen molar-refractivity contribution in [3.8, 4) is 0 Å². The van der Waals surface area contributed by atoms with E-state index < -0.39 is 0 Å². The Balaban J connectivity index is 1.60. The maximum Gasteiger partial charge on any atom is 0.0595 e. The van der Waals surface area contributed by atoms with Gasteiger partial charge in [0.1, 0.15) is 0 Å². The Kier molecular flexibility index (Phi) is 5.56. The van der Waals surface area contributed by atoms with E-state index in [0.717, 1.165) is 24.2 Å². The first-order chi connectivity index (χ1) is 10.1. The smallest absolute Gasteiger partial charge is 0.0595 e. The first-order valence-electron chi connectivity index (χ1n) is 8.21. The second-order valence-electron chi connectivity index (χ2n) is 6.85. The van der Waals surface area contributed by atoms with Crippen molar-refractivity contribution >= 4 is 39.1 Å². The van der Waals surface area contributed by atoms with Crippen molar-refractivity contribution in [1.82, 2.24) is 0 Å². The Morgan fingerprint density at radius 3 is 2.52 bits per heavy atom. The number of benzene rings is 1. The van der Waals surface area contributed by atoms with E-state index in [0.29, 0.717) is 14.9 Å². The average Bonchev–Trinajstić information content (AvgIpc) is 2.50. The van der Waals surface area contributed by atoms with Crippen molar-refractivity contribution in [1.29, 1.82) is 0 Å². The van der Waals surface area contributed by atoms with Crippen LogP contribution in [0.1, 0.15) is 50.5 Å². The van der Waals surface area contributed by atoms with Gasteiger partial charge in [-0.15, -0.1) is 0 Å². The van der Waals surface area contributed by atoms with Crippen LogP contribution >= 0.6 is 39.1 Å². The van der Waals surface area contributed by atoms with Gasteiger partial charge >= 0.3 is 0 Å². The highest BCUT2D eigenvalue weighted by Gasteiger charge is 2.34. The first kappa shape index (κ1) is 16.1. The largest absolute Gasteiger partial charge is 0.0884 e. The van der Waals surface area contributed by atoms with E-state index in [9.17, 15) is 0 Å². The fourth-order valence-corrected chi connectivity index (χ4v) is 5.47. The van der Waals surface area contributed by atoms with E-state index in [1.54, 1.807) is 0 Å². The van der Waals surface area contributed by atoms with E-state index in [-0.39, 0.29) is 0 Å². The lowest BCUT2D eigenvalue weighted by Gasteiger charge is -2.41. The van der Waals surface area contributed by atoms with Gasteiger partial charge in [0.05, 0.1) is 10.0 Å². The van der Waals surface area contributed by atoms with E-state index >= 15 is 0 Å². The van der Waals surface area contributed by atoms with Gasteiger partial charge in [-0.25, -0.2) is 0 Å². The molecule has 0 radical (unpaired) electrons. The summed E-state index contributed by atoms with van der Waals surface area (Å²) in [4.78, 5) is 0.567. The molecule has 0 bridgehead atoms. The molecular formula is C18H23BrCl2. The van der Waals surface area contributed by atoms with Crippen LogP contribution in [-0.4, -0.2) is 4.83 Å². The van der Waals surface area contributed by atoms with E-state index in [1.165, 1.54) is 50.5 Å². The van der Waals surface area contributed by atoms with Crippen LogP contribution in [0.25, 0.3) is 0 Å². The normalized spacial score (nSPS) is 30.7. The van der Waals surface area contributed by atoms with Crippen LogP contribution < -0.4 is 0 Å². The second kappa shape index (κ2) is 7.23. The topological polar surface area (TPSA) is 0 Å². The minimum Gasteiger partial charge on any atom is -0.0884 e. The van der Waals surface area contributed by atoms with Crippen molar-refractivity contribution in [2.24, 2.45) is 17.8 Å². The highest BCUT2D eigenvalue weighted by Crippen LogP contribution is 2.45. The molecule has 4 unspecified atom stereocenters. The molecule has 0 saturated heterocycles. The maximum absolute atomic E-state index is 6.13. The molecule has 1 aromatic rings. The Bertz CT molecular complexity index is 488. The Hall–Kier alpha value is 0.280. The molecule has 0 amide bonds. The monoisotopic (exact) mass is 388 g/mol. The van der Waals surface area contributed by atoms with Gasteiger partial charge < -0.3 is 0 Å². The number of rotatable bonds is 3. The van der Waals surface area contributed by atoms with Crippen molar-refractivity contribution in [2.45, 2.75) is 56.2 Å². The van der Waals surface area contributed by atoms with Gasteiger partial charge in [0.25, 0.3) is 0 Å². The van der Waals surface area contributed by atoms with Crippen molar-refractivity contribution in [3.63, 3.8) is 0 Å². The van der Waals surface area contributed by atoms with Gasteiger partial charge in [-0.2, -0.15) is 0 Å². The molecule has 116 valence electrons. The molecular weight excluding hydrogens is 367 g/mol. The molecule has 0 spiro atoms. The maximum atomic E-state index is 6.13. The fraction of sp³-hybridized carbons (Fsp3) is 0.667. The molecule has 1 aromatic carbocycles. The van der Waals surface area contributed by atoms with Gasteiger partial charge in [-0.05, 0) is 61.1 Å². The summed E-state index contributed by atoms with van der Waals surface area (Å²) in [5, 5.41) is 1.32. The zero-order chi connectivity index (χ0) is 14.8. The molecule has 0 N–H and O–H groups in total. The molecule has 0 nitrogen and oxygen atoms in total. The predicted molar refractivity (Wildman–Crippen MR) is 95.7 cm³/mol. The third-order valence-electron chi connectivity index (χ3n) is 5.51. The van der Waals surface area contributed by atoms with Crippen LogP contribution in [0.5, 0.6) is 0 Å². The summed E-state index contributed by atoms with van der Waals surface area (Å²) in [5.41, 5.74) is 1.29. The number of hydrogen-bond donors (Lipinski definition) is 0. The molecule has 2 fully saturated rings. The SMILES string of the molecule is Clc1ccc(CC(Br)C2CCC3CCCCC3C2)cc1Cl. The molecule has 0 aromatic heterocycles. The summed E-state index contributed by atoms with van der Waals surface area (Å²) < 4.78 is 0. The highest BCUT2D eigenvalue weighted by molar-refractivity contribution is 9.09. The van der Waals surface area contributed by atoms with Crippen molar-refractivity contribution < 1.29 is 0 Å².